The van der Waals surface area contributed by atoms with Crippen LogP contribution in [0, 0.1) is 5.82 Å². The fourth-order valence-corrected chi connectivity index (χ4v) is 2.23. The number of hydrogen-bond donors (Lipinski definition) is 0. The summed E-state index contributed by atoms with van der Waals surface area (Å²) >= 11 is 9.51. The van der Waals surface area contributed by atoms with Crippen LogP contribution in [0.2, 0.25) is 5.02 Å². The van der Waals surface area contributed by atoms with Crippen molar-refractivity contribution in [3.8, 4) is 0 Å². The quantitative estimate of drug-likeness (QED) is 0.575. The van der Waals surface area contributed by atoms with Gasteiger partial charge in [0.1, 0.15) is 0 Å². The minimum absolute atomic E-state index is 0.0415. The van der Waals surface area contributed by atoms with Gasteiger partial charge in [-0.1, -0.05) is 23.4 Å². The number of halogens is 3. The molecule has 0 saturated heterocycles. The standard InChI is InChI=1S/C8H5BrClFOS/c1-4(12)13-6-3-2-5(10)8(11)7(6)9/h2-3H,1H3. The van der Waals surface area contributed by atoms with Crippen molar-refractivity contribution in [2.75, 3.05) is 0 Å². The zero-order chi connectivity index (χ0) is 10.0. The lowest BCUT2D eigenvalue weighted by Crippen LogP contribution is -1.86. The number of thioether (sulfide) groups is 1. The van der Waals surface area contributed by atoms with Crippen LogP contribution in [-0.2, 0) is 4.79 Å². The first-order valence-electron chi connectivity index (χ1n) is 3.34. The summed E-state index contributed by atoms with van der Waals surface area (Å²) in [6, 6.07) is 3.02. The Morgan fingerprint density at radius 3 is 2.77 bits per heavy atom. The van der Waals surface area contributed by atoms with E-state index in [4.69, 9.17) is 11.6 Å². The van der Waals surface area contributed by atoms with Gasteiger partial charge in [-0.3, -0.25) is 4.79 Å². The topological polar surface area (TPSA) is 17.1 Å². The number of carbonyl (C=O) groups excluding carboxylic acids is 1. The molecule has 13 heavy (non-hydrogen) atoms. The molecular formula is C8H5BrClFOS. The lowest BCUT2D eigenvalue weighted by Gasteiger charge is -2.03. The molecule has 1 aromatic carbocycles. The average molecular weight is 284 g/mol. The van der Waals surface area contributed by atoms with Crippen LogP contribution in [0.3, 0.4) is 0 Å². The molecular weight excluding hydrogens is 279 g/mol. The Labute approximate surface area is 92.8 Å². The Morgan fingerprint density at radius 2 is 2.23 bits per heavy atom. The first-order valence-corrected chi connectivity index (χ1v) is 5.33. The van der Waals surface area contributed by atoms with E-state index in [9.17, 15) is 9.18 Å². The molecule has 0 atom stereocenters. The fraction of sp³-hybridized carbons (Fsp3) is 0.125. The third-order valence-corrected chi connectivity index (χ3v) is 3.43. The number of rotatable bonds is 1. The van der Waals surface area contributed by atoms with Gasteiger partial charge in [-0.05, 0) is 28.1 Å². The maximum absolute atomic E-state index is 13.1. The molecule has 0 aromatic heterocycles. The highest BCUT2D eigenvalue weighted by Gasteiger charge is 2.11. The minimum atomic E-state index is -0.534. The molecule has 1 nitrogen and oxygen atoms in total. The maximum atomic E-state index is 13.1. The van der Waals surface area contributed by atoms with Gasteiger partial charge in [0.05, 0.1) is 9.50 Å². The van der Waals surface area contributed by atoms with Crippen molar-refractivity contribution in [2.24, 2.45) is 0 Å². The molecule has 0 spiro atoms. The lowest BCUT2D eigenvalue weighted by atomic mass is 10.3. The third kappa shape index (κ3) is 2.69. The summed E-state index contributed by atoms with van der Waals surface area (Å²) in [5, 5.41) is -0.0535. The molecule has 70 valence electrons. The van der Waals surface area contributed by atoms with Gasteiger partial charge in [0.2, 0.25) is 0 Å². The summed E-state index contributed by atoms with van der Waals surface area (Å²) in [5.41, 5.74) is 0. The largest absolute Gasteiger partial charge is 0.287 e. The van der Waals surface area contributed by atoms with Crippen molar-refractivity contribution < 1.29 is 9.18 Å². The van der Waals surface area contributed by atoms with Gasteiger partial charge in [0, 0.05) is 11.8 Å². The van der Waals surface area contributed by atoms with E-state index in [2.05, 4.69) is 15.9 Å². The maximum Gasteiger partial charge on any atom is 0.190 e. The van der Waals surface area contributed by atoms with Crippen molar-refractivity contribution in [3.63, 3.8) is 0 Å². The molecule has 0 amide bonds. The Bertz CT molecular complexity index is 356. The van der Waals surface area contributed by atoms with E-state index in [1.807, 2.05) is 0 Å². The average Bonchev–Trinajstić information content (AvgIpc) is 2.06. The van der Waals surface area contributed by atoms with Crippen molar-refractivity contribution in [3.05, 3.63) is 27.4 Å². The summed E-state index contributed by atoms with van der Waals surface area (Å²) in [7, 11) is 0. The Morgan fingerprint density at radius 1 is 1.62 bits per heavy atom. The Balaban J connectivity index is 3.10. The number of carbonyl (C=O) groups is 1. The van der Waals surface area contributed by atoms with E-state index < -0.39 is 5.82 Å². The second-order valence-electron chi connectivity index (χ2n) is 2.27. The highest BCUT2D eigenvalue weighted by molar-refractivity contribution is 9.10. The van der Waals surface area contributed by atoms with Gasteiger partial charge < -0.3 is 0 Å². The SMILES string of the molecule is CC(=O)Sc1ccc(Cl)c(F)c1Br. The molecule has 0 N–H and O–H groups in total. The van der Waals surface area contributed by atoms with Gasteiger partial charge in [0.15, 0.2) is 10.9 Å². The zero-order valence-electron chi connectivity index (χ0n) is 6.61. The summed E-state index contributed by atoms with van der Waals surface area (Å²) in [6.45, 7) is 1.42. The monoisotopic (exact) mass is 282 g/mol. The fourth-order valence-electron chi connectivity index (χ4n) is 0.742. The molecule has 0 aliphatic carbocycles. The third-order valence-electron chi connectivity index (χ3n) is 1.25. The van der Waals surface area contributed by atoms with Crippen LogP contribution >= 0.6 is 39.3 Å². The zero-order valence-corrected chi connectivity index (χ0v) is 9.76. The van der Waals surface area contributed by atoms with Gasteiger partial charge in [-0.2, -0.15) is 0 Å². The van der Waals surface area contributed by atoms with Crippen molar-refractivity contribution >= 4 is 44.4 Å². The molecule has 0 aliphatic rings. The predicted octanol–water partition coefficient (Wildman–Crippen LogP) is 3.88. The molecule has 5 heteroatoms. The van der Waals surface area contributed by atoms with Crippen LogP contribution in [0.25, 0.3) is 0 Å². The van der Waals surface area contributed by atoms with Crippen LogP contribution in [0.1, 0.15) is 6.92 Å². The second kappa shape index (κ2) is 4.44. The first-order chi connectivity index (χ1) is 6.02. The van der Waals surface area contributed by atoms with Gasteiger partial charge in [-0.15, -0.1) is 0 Å². The molecule has 0 aliphatic heterocycles. The predicted molar refractivity (Wildman–Crippen MR) is 55.6 cm³/mol. The lowest BCUT2D eigenvalue weighted by molar-refractivity contribution is -0.109. The normalized spacial score (nSPS) is 10.2. The van der Waals surface area contributed by atoms with Crippen LogP contribution < -0.4 is 0 Å². The van der Waals surface area contributed by atoms with E-state index in [1.165, 1.54) is 13.0 Å². The molecule has 1 aromatic rings. The molecule has 0 radical (unpaired) electrons. The Kier molecular flexibility index (Phi) is 3.76. The van der Waals surface area contributed by atoms with Crippen molar-refractivity contribution in [1.82, 2.24) is 0 Å². The van der Waals surface area contributed by atoms with Crippen molar-refractivity contribution in [1.29, 1.82) is 0 Å². The van der Waals surface area contributed by atoms with Gasteiger partial charge >= 0.3 is 0 Å². The smallest absolute Gasteiger partial charge is 0.190 e. The van der Waals surface area contributed by atoms with Crippen LogP contribution in [-0.4, -0.2) is 5.12 Å². The number of benzene rings is 1. The first kappa shape index (κ1) is 11.0. The molecule has 0 heterocycles. The summed E-state index contributed by atoms with van der Waals surface area (Å²) in [6.07, 6.45) is 0. The van der Waals surface area contributed by atoms with E-state index in [1.54, 1.807) is 6.07 Å². The summed E-state index contributed by atoms with van der Waals surface area (Å²) in [5.74, 6) is -0.534. The summed E-state index contributed by atoms with van der Waals surface area (Å²) < 4.78 is 13.4. The number of hydrogen-bond acceptors (Lipinski definition) is 2. The van der Waals surface area contributed by atoms with E-state index >= 15 is 0 Å². The molecule has 1 rings (SSSR count). The van der Waals surface area contributed by atoms with E-state index in [-0.39, 0.29) is 14.6 Å². The van der Waals surface area contributed by atoms with Crippen LogP contribution in [0.4, 0.5) is 4.39 Å². The Hall–Kier alpha value is -0.0600. The van der Waals surface area contributed by atoms with E-state index in [0.717, 1.165) is 11.8 Å². The van der Waals surface area contributed by atoms with Gasteiger partial charge in [-0.25, -0.2) is 4.39 Å². The molecule has 0 saturated carbocycles. The van der Waals surface area contributed by atoms with E-state index in [0.29, 0.717) is 4.90 Å². The van der Waals surface area contributed by atoms with Gasteiger partial charge in [0.25, 0.3) is 0 Å². The molecule has 0 fully saturated rings. The summed E-state index contributed by atoms with van der Waals surface area (Å²) in [4.78, 5) is 11.3. The van der Waals surface area contributed by atoms with Crippen molar-refractivity contribution in [2.45, 2.75) is 11.8 Å². The minimum Gasteiger partial charge on any atom is -0.287 e. The second-order valence-corrected chi connectivity index (χ2v) is 4.69. The molecule has 0 unspecified atom stereocenters. The van der Waals surface area contributed by atoms with Crippen LogP contribution in [0.5, 0.6) is 0 Å². The highest BCUT2D eigenvalue weighted by atomic mass is 79.9. The molecule has 0 bridgehead atoms. The van der Waals surface area contributed by atoms with Crippen LogP contribution in [0.15, 0.2) is 21.5 Å². The highest BCUT2D eigenvalue weighted by Crippen LogP contribution is 2.33.